The summed E-state index contributed by atoms with van der Waals surface area (Å²) in [6.07, 6.45) is 0. The van der Waals surface area contributed by atoms with Gasteiger partial charge in [0.25, 0.3) is 5.91 Å². The van der Waals surface area contributed by atoms with E-state index in [-0.39, 0.29) is 11.3 Å². The molecule has 104 valence electrons. The minimum absolute atomic E-state index is 0.110. The summed E-state index contributed by atoms with van der Waals surface area (Å²) in [5.74, 6) is -0.227. The lowest BCUT2D eigenvalue weighted by atomic mass is 10.1. The first kappa shape index (κ1) is 13.9. The van der Waals surface area contributed by atoms with Gasteiger partial charge in [-0.3, -0.25) is 4.79 Å². The number of rotatable bonds is 3. The van der Waals surface area contributed by atoms with Crippen molar-refractivity contribution in [2.75, 3.05) is 18.2 Å². The molecule has 0 unspecified atom stereocenters. The Hall–Kier alpha value is -2.56. The third kappa shape index (κ3) is 2.88. The van der Waals surface area contributed by atoms with Gasteiger partial charge in [0, 0.05) is 11.4 Å². The average molecular weight is 274 g/mol. The number of methoxy groups -OCH3 is 1. The van der Waals surface area contributed by atoms with Gasteiger partial charge in [0.1, 0.15) is 11.6 Å². The van der Waals surface area contributed by atoms with Crippen molar-refractivity contribution < 1.29 is 13.9 Å². The molecule has 0 saturated heterocycles. The largest absolute Gasteiger partial charge is 0.496 e. The third-order valence-electron chi connectivity index (χ3n) is 2.91. The maximum Gasteiger partial charge on any atom is 0.257 e. The van der Waals surface area contributed by atoms with E-state index in [9.17, 15) is 9.18 Å². The van der Waals surface area contributed by atoms with Crippen LogP contribution in [0.25, 0.3) is 0 Å². The molecule has 2 aromatic carbocycles. The SMILES string of the molecule is COc1ccc(NC(=O)c2cc(F)ccc2N)cc1C. The predicted molar refractivity (Wildman–Crippen MR) is 76.5 cm³/mol. The van der Waals surface area contributed by atoms with E-state index in [1.165, 1.54) is 12.1 Å². The van der Waals surface area contributed by atoms with Crippen molar-refractivity contribution in [1.82, 2.24) is 0 Å². The summed E-state index contributed by atoms with van der Waals surface area (Å²) in [6.45, 7) is 1.87. The van der Waals surface area contributed by atoms with Crippen molar-refractivity contribution in [3.63, 3.8) is 0 Å². The van der Waals surface area contributed by atoms with Crippen LogP contribution < -0.4 is 15.8 Å². The van der Waals surface area contributed by atoms with Crippen LogP contribution in [0.1, 0.15) is 15.9 Å². The lowest BCUT2D eigenvalue weighted by molar-refractivity contribution is 0.102. The molecule has 0 saturated carbocycles. The number of hydrogen-bond acceptors (Lipinski definition) is 3. The Bertz CT molecular complexity index is 656. The summed E-state index contributed by atoms with van der Waals surface area (Å²) >= 11 is 0. The topological polar surface area (TPSA) is 64.3 Å². The molecule has 0 bridgehead atoms. The molecule has 20 heavy (non-hydrogen) atoms. The highest BCUT2D eigenvalue weighted by Crippen LogP contribution is 2.22. The van der Waals surface area contributed by atoms with Crippen LogP contribution in [0.15, 0.2) is 36.4 Å². The molecule has 0 aromatic heterocycles. The van der Waals surface area contributed by atoms with E-state index in [4.69, 9.17) is 10.5 Å². The third-order valence-corrected chi connectivity index (χ3v) is 2.91. The maximum atomic E-state index is 13.2. The quantitative estimate of drug-likeness (QED) is 0.846. The number of halogens is 1. The van der Waals surface area contributed by atoms with Crippen LogP contribution in [-0.2, 0) is 0 Å². The molecule has 1 amide bonds. The summed E-state index contributed by atoms with van der Waals surface area (Å²) in [5, 5.41) is 2.68. The van der Waals surface area contributed by atoms with Crippen LogP contribution in [0.2, 0.25) is 0 Å². The molecule has 0 aliphatic carbocycles. The minimum Gasteiger partial charge on any atom is -0.496 e. The number of aryl methyl sites for hydroxylation is 1. The monoisotopic (exact) mass is 274 g/mol. The van der Waals surface area contributed by atoms with Crippen LogP contribution in [0, 0.1) is 12.7 Å². The molecular formula is C15H15FN2O2. The van der Waals surface area contributed by atoms with Gasteiger partial charge in [-0.1, -0.05) is 0 Å². The highest BCUT2D eigenvalue weighted by molar-refractivity contribution is 6.07. The van der Waals surface area contributed by atoms with Gasteiger partial charge in [-0.15, -0.1) is 0 Å². The van der Waals surface area contributed by atoms with Crippen molar-refractivity contribution >= 4 is 17.3 Å². The number of nitrogen functional groups attached to an aromatic ring is 1. The second-order valence-corrected chi connectivity index (χ2v) is 4.37. The maximum absolute atomic E-state index is 13.2. The lowest BCUT2D eigenvalue weighted by Crippen LogP contribution is -2.14. The fraction of sp³-hybridized carbons (Fsp3) is 0.133. The zero-order chi connectivity index (χ0) is 14.7. The predicted octanol–water partition coefficient (Wildman–Crippen LogP) is 2.98. The van der Waals surface area contributed by atoms with Gasteiger partial charge in [-0.2, -0.15) is 0 Å². The molecule has 0 radical (unpaired) electrons. The van der Waals surface area contributed by atoms with Crippen molar-refractivity contribution in [3.8, 4) is 5.75 Å². The van der Waals surface area contributed by atoms with Crippen LogP contribution in [-0.4, -0.2) is 13.0 Å². The second-order valence-electron chi connectivity index (χ2n) is 4.37. The summed E-state index contributed by atoms with van der Waals surface area (Å²) in [4.78, 5) is 12.1. The summed E-state index contributed by atoms with van der Waals surface area (Å²) < 4.78 is 18.3. The molecule has 0 fully saturated rings. The average Bonchev–Trinajstić information content (AvgIpc) is 2.41. The number of amides is 1. The molecule has 0 aliphatic rings. The number of hydrogen-bond donors (Lipinski definition) is 2. The van der Waals surface area contributed by atoms with E-state index >= 15 is 0 Å². The first-order valence-electron chi connectivity index (χ1n) is 6.02. The number of carbonyl (C=O) groups is 1. The standard InChI is InChI=1S/C15H15FN2O2/c1-9-7-11(4-6-14(9)20-2)18-15(19)12-8-10(16)3-5-13(12)17/h3-8H,17H2,1-2H3,(H,18,19). The van der Waals surface area contributed by atoms with Crippen LogP contribution in [0.4, 0.5) is 15.8 Å². The molecule has 4 nitrogen and oxygen atoms in total. The van der Waals surface area contributed by atoms with Gasteiger partial charge >= 0.3 is 0 Å². The van der Waals surface area contributed by atoms with Gasteiger partial charge in [-0.25, -0.2) is 4.39 Å². The molecule has 0 atom stereocenters. The molecule has 3 N–H and O–H groups in total. The van der Waals surface area contributed by atoms with Crippen LogP contribution in [0.3, 0.4) is 0 Å². The molecule has 0 heterocycles. The fourth-order valence-corrected chi connectivity index (χ4v) is 1.88. The van der Waals surface area contributed by atoms with Gasteiger partial charge in [0.2, 0.25) is 0 Å². The van der Waals surface area contributed by atoms with Crippen LogP contribution in [0.5, 0.6) is 5.75 Å². The van der Waals surface area contributed by atoms with Crippen LogP contribution >= 0.6 is 0 Å². The zero-order valence-electron chi connectivity index (χ0n) is 11.2. The van der Waals surface area contributed by atoms with Gasteiger partial charge in [0.05, 0.1) is 12.7 Å². The Morgan fingerprint density at radius 3 is 2.65 bits per heavy atom. The number of carbonyl (C=O) groups excluding carboxylic acids is 1. The van der Waals surface area contributed by atoms with E-state index in [2.05, 4.69) is 5.32 Å². The highest BCUT2D eigenvalue weighted by atomic mass is 19.1. The molecule has 0 spiro atoms. The highest BCUT2D eigenvalue weighted by Gasteiger charge is 2.11. The van der Waals surface area contributed by atoms with Crippen molar-refractivity contribution in [2.24, 2.45) is 0 Å². The van der Waals surface area contributed by atoms with E-state index in [1.54, 1.807) is 25.3 Å². The normalized spacial score (nSPS) is 10.2. The summed E-state index contributed by atoms with van der Waals surface area (Å²) in [6, 6.07) is 8.92. The summed E-state index contributed by atoms with van der Waals surface area (Å²) in [5.41, 5.74) is 7.49. The fourth-order valence-electron chi connectivity index (χ4n) is 1.88. The van der Waals surface area contributed by atoms with Crippen molar-refractivity contribution in [3.05, 3.63) is 53.3 Å². The molecule has 2 rings (SSSR count). The van der Waals surface area contributed by atoms with E-state index in [0.717, 1.165) is 17.4 Å². The Morgan fingerprint density at radius 1 is 1.25 bits per heavy atom. The number of ether oxygens (including phenoxy) is 1. The van der Waals surface area contributed by atoms with E-state index in [1.807, 2.05) is 6.92 Å². The molecule has 2 aromatic rings. The first-order valence-corrected chi connectivity index (χ1v) is 6.02. The van der Waals surface area contributed by atoms with Gasteiger partial charge < -0.3 is 15.8 Å². The number of anilines is 2. The van der Waals surface area contributed by atoms with Gasteiger partial charge in [0.15, 0.2) is 0 Å². The lowest BCUT2D eigenvalue weighted by Gasteiger charge is -2.10. The number of benzene rings is 2. The summed E-state index contributed by atoms with van der Waals surface area (Å²) in [7, 11) is 1.58. The minimum atomic E-state index is -0.504. The second kappa shape index (κ2) is 5.61. The zero-order valence-corrected chi connectivity index (χ0v) is 11.2. The Morgan fingerprint density at radius 2 is 2.00 bits per heavy atom. The first-order chi connectivity index (χ1) is 9.51. The smallest absolute Gasteiger partial charge is 0.257 e. The molecule has 0 aliphatic heterocycles. The van der Waals surface area contributed by atoms with E-state index < -0.39 is 11.7 Å². The number of nitrogens with two attached hydrogens (primary N) is 1. The molecular weight excluding hydrogens is 259 g/mol. The van der Waals surface area contributed by atoms with Crippen molar-refractivity contribution in [1.29, 1.82) is 0 Å². The number of nitrogens with one attached hydrogen (secondary N) is 1. The Kier molecular flexibility index (Phi) is 3.89. The van der Waals surface area contributed by atoms with Gasteiger partial charge in [-0.05, 0) is 48.9 Å². The molecule has 5 heteroatoms. The Balaban J connectivity index is 2.23. The Labute approximate surface area is 116 Å². The van der Waals surface area contributed by atoms with Crippen molar-refractivity contribution in [2.45, 2.75) is 6.92 Å². The van der Waals surface area contributed by atoms with E-state index in [0.29, 0.717) is 5.69 Å².